The smallest absolute Gasteiger partial charge is 0.159 e. The van der Waals surface area contributed by atoms with Crippen LogP contribution in [0.5, 0.6) is 0 Å². The molecule has 1 aromatic rings. The molecule has 3 heteroatoms. The minimum atomic E-state index is 0.0763. The van der Waals surface area contributed by atoms with Gasteiger partial charge in [0.15, 0.2) is 5.78 Å². The number of ketones is 1. The summed E-state index contributed by atoms with van der Waals surface area (Å²) in [6, 6.07) is 7.31. The number of hydrogen-bond acceptors (Lipinski definition) is 3. The van der Waals surface area contributed by atoms with E-state index in [0.717, 1.165) is 11.1 Å². The molecule has 2 nitrogen and oxygen atoms in total. The molecule has 14 heavy (non-hydrogen) atoms. The Bertz CT molecular complexity index is 354. The SMILES string of the molecule is CC(=O)c1ccc(C=NCC=S)cc1. The molecule has 0 fully saturated rings. The summed E-state index contributed by atoms with van der Waals surface area (Å²) in [5, 5.41) is 1.57. The highest BCUT2D eigenvalue weighted by Gasteiger charge is 1.96. The van der Waals surface area contributed by atoms with Gasteiger partial charge in [-0.2, -0.15) is 0 Å². The van der Waals surface area contributed by atoms with Crippen molar-refractivity contribution >= 4 is 29.6 Å². The second kappa shape index (κ2) is 5.40. The molecule has 0 atom stereocenters. The van der Waals surface area contributed by atoms with Crippen LogP contribution in [-0.4, -0.2) is 23.9 Å². The number of Topliss-reactive ketones (excluding diaryl/α,β-unsaturated/α-hetero) is 1. The number of nitrogens with zero attached hydrogens (tertiary/aromatic N) is 1. The Morgan fingerprint density at radius 3 is 2.57 bits per heavy atom. The Balaban J connectivity index is 2.73. The van der Waals surface area contributed by atoms with E-state index in [1.54, 1.807) is 30.6 Å². The molecule has 0 aromatic heterocycles. The number of aliphatic imine (C=N–C) groups is 1. The van der Waals surface area contributed by atoms with Crippen LogP contribution in [0.25, 0.3) is 0 Å². The summed E-state index contributed by atoms with van der Waals surface area (Å²) in [5.74, 6) is 0.0763. The van der Waals surface area contributed by atoms with Crippen LogP contribution in [-0.2, 0) is 0 Å². The van der Waals surface area contributed by atoms with Crippen LogP contribution in [0.2, 0.25) is 0 Å². The topological polar surface area (TPSA) is 29.4 Å². The summed E-state index contributed by atoms with van der Waals surface area (Å²) in [4.78, 5) is 15.0. The number of carbonyl (C=O) groups is 1. The predicted octanol–water partition coefficient (Wildman–Crippen LogP) is 2.31. The Hall–Kier alpha value is -1.35. The fourth-order valence-corrected chi connectivity index (χ4v) is 1.09. The van der Waals surface area contributed by atoms with Crippen molar-refractivity contribution < 1.29 is 4.79 Å². The normalized spacial score (nSPS) is 10.4. The quantitative estimate of drug-likeness (QED) is 0.429. The summed E-state index contributed by atoms with van der Waals surface area (Å²) in [6.45, 7) is 2.10. The first-order chi connectivity index (χ1) is 6.74. The van der Waals surface area contributed by atoms with E-state index in [0.29, 0.717) is 6.54 Å². The lowest BCUT2D eigenvalue weighted by Gasteiger charge is -1.95. The first kappa shape index (κ1) is 10.7. The molecule has 0 radical (unpaired) electrons. The molecule has 0 saturated carbocycles. The number of rotatable bonds is 4. The van der Waals surface area contributed by atoms with Crippen LogP contribution >= 0.6 is 12.2 Å². The van der Waals surface area contributed by atoms with Gasteiger partial charge in [-0.05, 0) is 12.5 Å². The molecule has 1 aromatic carbocycles. The molecule has 0 amide bonds. The zero-order valence-electron chi connectivity index (χ0n) is 7.93. The maximum absolute atomic E-state index is 11.0. The van der Waals surface area contributed by atoms with Crippen LogP contribution in [0.1, 0.15) is 22.8 Å². The zero-order valence-corrected chi connectivity index (χ0v) is 8.75. The van der Waals surface area contributed by atoms with E-state index < -0.39 is 0 Å². The van der Waals surface area contributed by atoms with Crippen molar-refractivity contribution in [2.45, 2.75) is 6.92 Å². The van der Waals surface area contributed by atoms with Crippen molar-refractivity contribution in [2.75, 3.05) is 6.54 Å². The van der Waals surface area contributed by atoms with Gasteiger partial charge in [-0.15, -0.1) is 0 Å². The minimum absolute atomic E-state index is 0.0763. The van der Waals surface area contributed by atoms with Crippen LogP contribution in [0, 0.1) is 0 Å². The third-order valence-electron chi connectivity index (χ3n) is 1.74. The molecule has 0 heterocycles. The van der Waals surface area contributed by atoms with Crippen LogP contribution in [0.15, 0.2) is 29.3 Å². The minimum Gasteiger partial charge on any atom is -0.295 e. The van der Waals surface area contributed by atoms with E-state index in [9.17, 15) is 4.79 Å². The van der Waals surface area contributed by atoms with Gasteiger partial charge in [0, 0.05) is 17.1 Å². The van der Waals surface area contributed by atoms with Crippen LogP contribution < -0.4 is 0 Å². The maximum atomic E-state index is 11.0. The molecule has 0 aliphatic rings. The molecule has 0 unspecified atom stereocenters. The lowest BCUT2D eigenvalue weighted by molar-refractivity contribution is 0.101. The molecule has 0 bridgehead atoms. The first-order valence-corrected chi connectivity index (χ1v) is 4.75. The molecule has 0 aliphatic carbocycles. The molecular weight excluding hydrogens is 194 g/mol. The van der Waals surface area contributed by atoms with Gasteiger partial charge in [-0.1, -0.05) is 36.5 Å². The molecular formula is C11H11NOS. The van der Waals surface area contributed by atoms with Gasteiger partial charge in [0.25, 0.3) is 0 Å². The lowest BCUT2D eigenvalue weighted by Crippen LogP contribution is -1.92. The maximum Gasteiger partial charge on any atom is 0.159 e. The van der Waals surface area contributed by atoms with E-state index in [2.05, 4.69) is 17.2 Å². The highest BCUT2D eigenvalue weighted by molar-refractivity contribution is 7.79. The van der Waals surface area contributed by atoms with Crippen molar-refractivity contribution in [3.63, 3.8) is 0 Å². The summed E-state index contributed by atoms with van der Waals surface area (Å²) in [6.07, 6.45) is 1.74. The Labute approximate surface area is 88.7 Å². The molecule has 0 N–H and O–H groups in total. The van der Waals surface area contributed by atoms with E-state index in [-0.39, 0.29) is 5.78 Å². The second-order valence-corrected chi connectivity index (χ2v) is 3.17. The van der Waals surface area contributed by atoms with E-state index >= 15 is 0 Å². The lowest BCUT2D eigenvalue weighted by atomic mass is 10.1. The van der Waals surface area contributed by atoms with Crippen molar-refractivity contribution in [3.8, 4) is 0 Å². The van der Waals surface area contributed by atoms with Crippen molar-refractivity contribution in [3.05, 3.63) is 35.4 Å². The average molecular weight is 205 g/mol. The summed E-state index contributed by atoms with van der Waals surface area (Å²) < 4.78 is 0. The van der Waals surface area contributed by atoms with E-state index in [4.69, 9.17) is 0 Å². The van der Waals surface area contributed by atoms with Gasteiger partial charge in [0.05, 0.1) is 6.54 Å². The summed E-state index contributed by atoms with van der Waals surface area (Å²) in [5.41, 5.74) is 1.70. The van der Waals surface area contributed by atoms with Crippen molar-refractivity contribution in [1.82, 2.24) is 0 Å². The fourth-order valence-electron chi connectivity index (χ4n) is 1.01. The Morgan fingerprint density at radius 1 is 1.43 bits per heavy atom. The van der Waals surface area contributed by atoms with Crippen molar-refractivity contribution in [1.29, 1.82) is 0 Å². The molecule has 0 spiro atoms. The van der Waals surface area contributed by atoms with Crippen molar-refractivity contribution in [2.24, 2.45) is 4.99 Å². The van der Waals surface area contributed by atoms with Gasteiger partial charge >= 0.3 is 0 Å². The van der Waals surface area contributed by atoms with E-state index in [1.807, 2.05) is 12.1 Å². The fraction of sp³-hybridized carbons (Fsp3) is 0.182. The summed E-state index contributed by atoms with van der Waals surface area (Å²) >= 11 is 4.64. The highest BCUT2D eigenvalue weighted by atomic mass is 32.1. The van der Waals surface area contributed by atoms with E-state index in [1.165, 1.54) is 0 Å². The Morgan fingerprint density at radius 2 is 2.07 bits per heavy atom. The standard InChI is InChI=1S/C11H11NOS/c1-9(13)11-4-2-10(3-5-11)8-12-6-7-14/h2-5,7-8H,6H2,1H3. The van der Waals surface area contributed by atoms with Crippen LogP contribution in [0.3, 0.4) is 0 Å². The molecule has 0 aliphatic heterocycles. The molecule has 0 saturated heterocycles. The highest BCUT2D eigenvalue weighted by Crippen LogP contribution is 2.02. The molecule has 72 valence electrons. The monoisotopic (exact) mass is 205 g/mol. The number of benzene rings is 1. The number of hydrogen-bond donors (Lipinski definition) is 0. The molecule has 1 rings (SSSR count). The van der Waals surface area contributed by atoms with Gasteiger partial charge < -0.3 is 0 Å². The number of carbonyl (C=O) groups excluding carboxylic acids is 1. The van der Waals surface area contributed by atoms with Crippen LogP contribution in [0.4, 0.5) is 0 Å². The second-order valence-electron chi connectivity index (χ2n) is 2.84. The van der Waals surface area contributed by atoms with Gasteiger partial charge in [0.1, 0.15) is 0 Å². The summed E-state index contributed by atoms with van der Waals surface area (Å²) in [7, 11) is 0. The third kappa shape index (κ3) is 3.18. The Kier molecular flexibility index (Phi) is 4.13. The number of thiocarbonyl (C=S) groups is 1. The largest absolute Gasteiger partial charge is 0.295 e. The third-order valence-corrected chi connectivity index (χ3v) is 1.89. The van der Waals surface area contributed by atoms with Gasteiger partial charge in [-0.3, -0.25) is 9.79 Å². The first-order valence-electron chi connectivity index (χ1n) is 4.28. The van der Waals surface area contributed by atoms with Gasteiger partial charge in [0.2, 0.25) is 0 Å². The zero-order chi connectivity index (χ0) is 10.4. The van der Waals surface area contributed by atoms with Gasteiger partial charge in [-0.25, -0.2) is 0 Å². The average Bonchev–Trinajstić information content (AvgIpc) is 2.19. The predicted molar refractivity (Wildman–Crippen MR) is 62.6 cm³/mol.